The van der Waals surface area contributed by atoms with E-state index in [2.05, 4.69) is 23.7 Å². The van der Waals surface area contributed by atoms with Crippen molar-refractivity contribution in [3.63, 3.8) is 0 Å². The Hall–Kier alpha value is -2.42. The predicted molar refractivity (Wildman–Crippen MR) is 100 cm³/mol. The second kappa shape index (κ2) is 7.30. The summed E-state index contributed by atoms with van der Waals surface area (Å²) in [5.41, 5.74) is -0.365. The molecule has 0 N–H and O–H groups in total. The highest BCUT2D eigenvalue weighted by molar-refractivity contribution is 5.75. The number of ether oxygens (including phenoxy) is 1. The van der Waals surface area contributed by atoms with Gasteiger partial charge in [-0.05, 0) is 18.3 Å². The third-order valence-electron chi connectivity index (χ3n) is 5.25. The first-order chi connectivity index (χ1) is 12.7. The summed E-state index contributed by atoms with van der Waals surface area (Å²) in [6, 6.07) is 0. The smallest absolute Gasteiger partial charge is 0.332 e. The van der Waals surface area contributed by atoms with Crippen LogP contribution in [-0.2, 0) is 36.7 Å². The highest BCUT2D eigenvalue weighted by Gasteiger charge is 2.26. The SMILES string of the molecule is COC(=O)Cn1c(CN2CC(C)CC(C)C2)nc2c1c(=O)n(C)c(=O)n2C. The van der Waals surface area contributed by atoms with Crippen LogP contribution in [0.15, 0.2) is 9.59 Å². The van der Waals surface area contributed by atoms with Crippen LogP contribution in [0.4, 0.5) is 0 Å². The highest BCUT2D eigenvalue weighted by Crippen LogP contribution is 2.23. The van der Waals surface area contributed by atoms with Crippen LogP contribution in [0.1, 0.15) is 26.1 Å². The molecule has 2 aromatic rings. The van der Waals surface area contributed by atoms with E-state index in [1.54, 1.807) is 11.6 Å². The van der Waals surface area contributed by atoms with Gasteiger partial charge in [0, 0.05) is 27.2 Å². The van der Waals surface area contributed by atoms with E-state index in [1.807, 2.05) is 0 Å². The number of rotatable bonds is 4. The van der Waals surface area contributed by atoms with Gasteiger partial charge in [0.2, 0.25) is 0 Å². The Morgan fingerprint density at radius 1 is 1.15 bits per heavy atom. The first kappa shape index (κ1) is 19.3. The maximum Gasteiger partial charge on any atom is 0.332 e. The number of piperidine rings is 1. The quantitative estimate of drug-likeness (QED) is 0.701. The Kier molecular flexibility index (Phi) is 5.23. The number of carbonyl (C=O) groups excluding carboxylic acids is 1. The van der Waals surface area contributed by atoms with Crippen LogP contribution in [-0.4, -0.2) is 49.8 Å². The fraction of sp³-hybridized carbons (Fsp3) is 0.667. The second-order valence-corrected chi connectivity index (χ2v) is 7.71. The van der Waals surface area contributed by atoms with E-state index < -0.39 is 17.2 Å². The molecule has 9 nitrogen and oxygen atoms in total. The molecule has 0 aliphatic carbocycles. The number of imidazole rings is 1. The molecule has 0 radical (unpaired) electrons. The van der Waals surface area contributed by atoms with Crippen LogP contribution in [0.2, 0.25) is 0 Å². The minimum absolute atomic E-state index is 0.116. The van der Waals surface area contributed by atoms with Gasteiger partial charge < -0.3 is 9.30 Å². The van der Waals surface area contributed by atoms with Gasteiger partial charge in [-0.15, -0.1) is 0 Å². The zero-order valence-corrected chi connectivity index (χ0v) is 16.6. The zero-order chi connectivity index (χ0) is 19.9. The fourth-order valence-corrected chi connectivity index (χ4v) is 4.10. The number of likely N-dealkylation sites (tertiary alicyclic amines) is 1. The Balaban J connectivity index is 2.13. The number of hydrogen-bond donors (Lipinski definition) is 0. The molecule has 27 heavy (non-hydrogen) atoms. The third kappa shape index (κ3) is 3.55. The van der Waals surface area contributed by atoms with Crippen molar-refractivity contribution in [3.8, 4) is 0 Å². The van der Waals surface area contributed by atoms with Crippen molar-refractivity contribution in [2.75, 3.05) is 20.2 Å². The molecule has 9 heteroatoms. The molecule has 148 valence electrons. The number of methoxy groups -OCH3 is 1. The molecule has 3 heterocycles. The molecule has 1 fully saturated rings. The van der Waals surface area contributed by atoms with E-state index in [0.717, 1.165) is 17.7 Å². The summed E-state index contributed by atoms with van der Waals surface area (Å²) in [6.07, 6.45) is 1.18. The first-order valence-corrected chi connectivity index (χ1v) is 9.17. The first-order valence-electron chi connectivity index (χ1n) is 9.17. The molecule has 0 amide bonds. The van der Waals surface area contributed by atoms with Crippen molar-refractivity contribution < 1.29 is 9.53 Å². The van der Waals surface area contributed by atoms with Gasteiger partial charge in [0.1, 0.15) is 12.4 Å². The number of carbonyl (C=O) groups is 1. The minimum Gasteiger partial charge on any atom is -0.468 e. The van der Waals surface area contributed by atoms with Crippen LogP contribution in [0.25, 0.3) is 11.2 Å². The molecule has 2 atom stereocenters. The number of hydrogen-bond acceptors (Lipinski definition) is 6. The van der Waals surface area contributed by atoms with Crippen LogP contribution in [0, 0.1) is 11.8 Å². The molecule has 2 unspecified atom stereocenters. The Labute approximate surface area is 157 Å². The lowest BCUT2D eigenvalue weighted by Crippen LogP contribution is -2.39. The van der Waals surface area contributed by atoms with Gasteiger partial charge in [0.15, 0.2) is 11.2 Å². The lowest BCUT2D eigenvalue weighted by atomic mass is 9.92. The van der Waals surface area contributed by atoms with Crippen LogP contribution in [0.5, 0.6) is 0 Å². The molecule has 1 aliphatic heterocycles. The van der Waals surface area contributed by atoms with Gasteiger partial charge in [-0.1, -0.05) is 13.8 Å². The summed E-state index contributed by atoms with van der Waals surface area (Å²) in [4.78, 5) is 43.8. The molecular weight excluding hydrogens is 350 g/mol. The molecular formula is C18H27N5O4. The van der Waals surface area contributed by atoms with Crippen molar-refractivity contribution in [2.45, 2.75) is 33.4 Å². The van der Waals surface area contributed by atoms with E-state index in [-0.39, 0.29) is 12.1 Å². The standard InChI is InChI=1S/C18H27N5O4/c1-11-6-12(2)8-22(7-11)9-13-19-16-15(23(13)10-14(24)27-5)17(25)21(4)18(26)20(16)3/h11-12H,6-10H2,1-5H3. The topological polar surface area (TPSA) is 91.4 Å². The van der Waals surface area contributed by atoms with E-state index in [0.29, 0.717) is 29.9 Å². The number of fused-ring (bicyclic) bond motifs is 1. The van der Waals surface area contributed by atoms with Crippen molar-refractivity contribution in [1.29, 1.82) is 0 Å². The van der Waals surface area contributed by atoms with Crippen LogP contribution in [0.3, 0.4) is 0 Å². The fourth-order valence-electron chi connectivity index (χ4n) is 4.10. The minimum atomic E-state index is -0.466. The molecule has 0 aromatic carbocycles. The Morgan fingerprint density at radius 3 is 2.37 bits per heavy atom. The van der Waals surface area contributed by atoms with Gasteiger partial charge in [-0.3, -0.25) is 23.6 Å². The van der Waals surface area contributed by atoms with E-state index >= 15 is 0 Å². The number of aromatic nitrogens is 4. The van der Waals surface area contributed by atoms with E-state index in [1.165, 1.54) is 25.1 Å². The van der Waals surface area contributed by atoms with E-state index in [9.17, 15) is 14.4 Å². The second-order valence-electron chi connectivity index (χ2n) is 7.71. The summed E-state index contributed by atoms with van der Waals surface area (Å²) in [6.45, 7) is 6.71. The summed E-state index contributed by atoms with van der Waals surface area (Å²) >= 11 is 0. The van der Waals surface area contributed by atoms with Crippen molar-refractivity contribution in [3.05, 3.63) is 26.7 Å². The largest absolute Gasteiger partial charge is 0.468 e. The number of nitrogens with zero attached hydrogens (tertiary/aromatic N) is 5. The average molecular weight is 377 g/mol. The predicted octanol–water partition coefficient (Wildman–Crippen LogP) is 0.0846. The van der Waals surface area contributed by atoms with E-state index in [4.69, 9.17) is 4.74 Å². The molecule has 0 bridgehead atoms. The van der Waals surface area contributed by atoms with Crippen LogP contribution >= 0.6 is 0 Å². The monoisotopic (exact) mass is 377 g/mol. The van der Waals surface area contributed by atoms with Gasteiger partial charge in [0.25, 0.3) is 5.56 Å². The average Bonchev–Trinajstić information content (AvgIpc) is 2.95. The van der Waals surface area contributed by atoms with Crippen molar-refractivity contribution in [2.24, 2.45) is 25.9 Å². The van der Waals surface area contributed by atoms with Gasteiger partial charge in [-0.25, -0.2) is 9.78 Å². The van der Waals surface area contributed by atoms with Gasteiger partial charge in [-0.2, -0.15) is 0 Å². The Bertz CT molecular complexity index is 976. The summed E-state index contributed by atoms with van der Waals surface area (Å²) in [5.74, 6) is 1.27. The van der Waals surface area contributed by atoms with Crippen molar-refractivity contribution in [1.82, 2.24) is 23.6 Å². The summed E-state index contributed by atoms with van der Waals surface area (Å²) in [7, 11) is 4.31. The maximum absolute atomic E-state index is 12.7. The molecule has 2 aromatic heterocycles. The van der Waals surface area contributed by atoms with Crippen LogP contribution < -0.4 is 11.2 Å². The highest BCUT2D eigenvalue weighted by atomic mass is 16.5. The normalized spacial score (nSPS) is 20.9. The Morgan fingerprint density at radius 2 is 1.78 bits per heavy atom. The summed E-state index contributed by atoms with van der Waals surface area (Å²) < 4.78 is 8.76. The lowest BCUT2D eigenvalue weighted by Gasteiger charge is -2.34. The zero-order valence-electron chi connectivity index (χ0n) is 16.6. The summed E-state index contributed by atoms with van der Waals surface area (Å²) in [5, 5.41) is 0. The van der Waals surface area contributed by atoms with Crippen molar-refractivity contribution >= 4 is 17.1 Å². The molecule has 1 saturated heterocycles. The molecule has 0 saturated carbocycles. The maximum atomic E-state index is 12.7. The lowest BCUT2D eigenvalue weighted by molar-refractivity contribution is -0.141. The number of aryl methyl sites for hydroxylation is 1. The molecule has 1 aliphatic rings. The molecule has 3 rings (SSSR count). The van der Waals surface area contributed by atoms with Gasteiger partial charge in [0.05, 0.1) is 13.7 Å². The third-order valence-corrected chi connectivity index (χ3v) is 5.25. The number of esters is 1. The van der Waals surface area contributed by atoms with Gasteiger partial charge >= 0.3 is 11.7 Å². The molecule has 0 spiro atoms.